The Hall–Kier alpha value is -3.07. The molecule has 1 aliphatic rings. The molecule has 2 aromatic heterocycles. The van der Waals surface area contributed by atoms with Gasteiger partial charge < -0.3 is 0 Å². The third kappa shape index (κ3) is 2.69. The van der Waals surface area contributed by atoms with Crippen LogP contribution >= 0.6 is 0 Å². The summed E-state index contributed by atoms with van der Waals surface area (Å²) in [4.78, 5) is 5.45. The quantitative estimate of drug-likeness (QED) is 0.772. The van der Waals surface area contributed by atoms with E-state index in [9.17, 15) is 4.39 Å². The van der Waals surface area contributed by atoms with Crippen molar-refractivity contribution >= 4 is 5.70 Å². The fourth-order valence-corrected chi connectivity index (χ4v) is 2.35. The van der Waals surface area contributed by atoms with Crippen LogP contribution in [0.5, 0.6) is 0 Å². The topological polar surface area (TPSA) is 82.7 Å². The van der Waals surface area contributed by atoms with Crippen molar-refractivity contribution in [1.29, 1.82) is 0 Å². The molecular weight excluding hydrogens is 301 g/mol. The minimum Gasteiger partial charge on any atom is -0.267 e. The van der Waals surface area contributed by atoms with Gasteiger partial charge in [-0.3, -0.25) is 10.3 Å². The molecular formula is C14H12FN7O. The molecule has 0 saturated heterocycles. The molecule has 0 aliphatic carbocycles. The van der Waals surface area contributed by atoms with Crippen LogP contribution < -0.4 is 5.48 Å². The highest BCUT2D eigenvalue weighted by Gasteiger charge is 2.19. The monoisotopic (exact) mass is 313 g/mol. The molecule has 0 bridgehead atoms. The average Bonchev–Trinajstić information content (AvgIpc) is 3.30. The maximum atomic E-state index is 14.3. The fourth-order valence-electron chi connectivity index (χ4n) is 2.35. The predicted molar refractivity (Wildman–Crippen MR) is 77.3 cm³/mol. The Labute approximate surface area is 130 Å². The molecule has 3 aromatic rings. The molecule has 4 rings (SSSR count). The summed E-state index contributed by atoms with van der Waals surface area (Å²) >= 11 is 0. The summed E-state index contributed by atoms with van der Waals surface area (Å²) in [6, 6.07) is 4.86. The standard InChI is InChI=1S/C14H12FN7O/c15-12-7-10(1-2-14(12)22-6-4-17-20-22)13-8-11(23-18-13)9-21-5-3-16-19-21/h1-8,11,18H,9H2. The van der Waals surface area contributed by atoms with Crippen molar-refractivity contribution in [2.75, 3.05) is 0 Å². The molecule has 1 unspecified atom stereocenters. The average molecular weight is 313 g/mol. The van der Waals surface area contributed by atoms with Crippen LogP contribution in [0.4, 0.5) is 4.39 Å². The van der Waals surface area contributed by atoms with E-state index >= 15 is 0 Å². The SMILES string of the molecule is Fc1cc(C2=CC(Cn3ccnn3)ON2)ccc1-n1ccnn1. The second kappa shape index (κ2) is 5.61. The molecule has 9 heteroatoms. The highest BCUT2D eigenvalue weighted by Crippen LogP contribution is 2.22. The highest BCUT2D eigenvalue weighted by molar-refractivity contribution is 5.66. The summed E-state index contributed by atoms with van der Waals surface area (Å²) in [7, 11) is 0. The molecule has 0 fully saturated rings. The number of rotatable bonds is 4. The minimum atomic E-state index is -0.393. The van der Waals surface area contributed by atoms with Crippen LogP contribution in [0.2, 0.25) is 0 Å². The van der Waals surface area contributed by atoms with E-state index in [1.165, 1.54) is 16.9 Å². The van der Waals surface area contributed by atoms with E-state index in [1.54, 1.807) is 35.4 Å². The summed E-state index contributed by atoms with van der Waals surface area (Å²) < 4.78 is 17.3. The normalized spacial score (nSPS) is 17.1. The molecule has 0 spiro atoms. The smallest absolute Gasteiger partial charge is 0.149 e. The number of halogens is 1. The van der Waals surface area contributed by atoms with E-state index < -0.39 is 5.82 Å². The molecule has 0 amide bonds. The number of nitrogens with one attached hydrogen (secondary N) is 1. The lowest BCUT2D eigenvalue weighted by atomic mass is 10.1. The van der Waals surface area contributed by atoms with Gasteiger partial charge in [0.05, 0.1) is 30.8 Å². The maximum Gasteiger partial charge on any atom is 0.149 e. The minimum absolute atomic E-state index is 0.204. The van der Waals surface area contributed by atoms with Crippen molar-refractivity contribution in [2.45, 2.75) is 12.6 Å². The predicted octanol–water partition coefficient (Wildman–Crippen LogP) is 0.942. The Balaban J connectivity index is 1.55. The Morgan fingerprint density at radius 1 is 1.17 bits per heavy atom. The van der Waals surface area contributed by atoms with Gasteiger partial charge in [-0.1, -0.05) is 16.5 Å². The van der Waals surface area contributed by atoms with Crippen LogP contribution in [0.3, 0.4) is 0 Å². The Bertz CT molecular complexity index is 829. The third-order valence-electron chi connectivity index (χ3n) is 3.44. The first-order chi connectivity index (χ1) is 11.3. The number of benzene rings is 1. The zero-order valence-corrected chi connectivity index (χ0v) is 11.9. The van der Waals surface area contributed by atoms with Gasteiger partial charge in [0.1, 0.15) is 17.6 Å². The first kappa shape index (κ1) is 13.6. The van der Waals surface area contributed by atoms with Gasteiger partial charge in [0.2, 0.25) is 0 Å². The van der Waals surface area contributed by atoms with Crippen molar-refractivity contribution in [3.05, 3.63) is 60.4 Å². The largest absolute Gasteiger partial charge is 0.267 e. The Morgan fingerprint density at radius 2 is 2.04 bits per heavy atom. The summed E-state index contributed by atoms with van der Waals surface area (Å²) in [5.74, 6) is -0.393. The molecule has 23 heavy (non-hydrogen) atoms. The van der Waals surface area contributed by atoms with Gasteiger partial charge in [-0.15, -0.1) is 10.2 Å². The third-order valence-corrected chi connectivity index (χ3v) is 3.44. The van der Waals surface area contributed by atoms with E-state index in [1.807, 2.05) is 6.08 Å². The summed E-state index contributed by atoms with van der Waals surface area (Å²) in [5.41, 5.74) is 4.55. The first-order valence-electron chi connectivity index (χ1n) is 6.94. The van der Waals surface area contributed by atoms with Gasteiger partial charge in [-0.2, -0.15) is 0 Å². The van der Waals surface area contributed by atoms with E-state index in [0.717, 1.165) is 0 Å². The second-order valence-electron chi connectivity index (χ2n) is 4.98. The van der Waals surface area contributed by atoms with Crippen molar-refractivity contribution in [2.24, 2.45) is 0 Å². The van der Waals surface area contributed by atoms with Crippen LogP contribution in [0.1, 0.15) is 5.56 Å². The molecule has 1 N–H and O–H groups in total. The van der Waals surface area contributed by atoms with E-state index in [2.05, 4.69) is 26.1 Å². The molecule has 8 nitrogen and oxygen atoms in total. The summed E-state index contributed by atoms with van der Waals surface area (Å²) in [6.07, 6.45) is 8.11. The Morgan fingerprint density at radius 3 is 2.78 bits per heavy atom. The Kier molecular flexibility index (Phi) is 3.31. The second-order valence-corrected chi connectivity index (χ2v) is 4.98. The van der Waals surface area contributed by atoms with E-state index in [-0.39, 0.29) is 6.10 Å². The number of nitrogens with zero attached hydrogens (tertiary/aromatic N) is 6. The zero-order valence-electron chi connectivity index (χ0n) is 11.9. The molecule has 1 atom stereocenters. The first-order valence-corrected chi connectivity index (χ1v) is 6.94. The highest BCUT2D eigenvalue weighted by atomic mass is 19.1. The van der Waals surface area contributed by atoms with Crippen molar-refractivity contribution < 1.29 is 9.23 Å². The van der Waals surface area contributed by atoms with Crippen molar-refractivity contribution in [3.8, 4) is 5.69 Å². The number of hydrogen-bond donors (Lipinski definition) is 1. The molecule has 0 radical (unpaired) electrons. The van der Waals surface area contributed by atoms with Gasteiger partial charge >= 0.3 is 0 Å². The lowest BCUT2D eigenvalue weighted by Gasteiger charge is -2.07. The van der Waals surface area contributed by atoms with Gasteiger partial charge in [0, 0.05) is 11.8 Å². The molecule has 1 aliphatic heterocycles. The van der Waals surface area contributed by atoms with Crippen LogP contribution in [0.25, 0.3) is 11.4 Å². The van der Waals surface area contributed by atoms with Gasteiger partial charge in [-0.05, 0) is 18.2 Å². The number of aromatic nitrogens is 6. The van der Waals surface area contributed by atoms with E-state index in [4.69, 9.17) is 4.84 Å². The van der Waals surface area contributed by atoms with Crippen LogP contribution in [-0.2, 0) is 11.4 Å². The fraction of sp³-hybridized carbons (Fsp3) is 0.143. The molecule has 0 saturated carbocycles. The molecule has 116 valence electrons. The van der Waals surface area contributed by atoms with Gasteiger partial charge in [0.25, 0.3) is 0 Å². The molecule has 3 heterocycles. The van der Waals surface area contributed by atoms with Crippen LogP contribution in [-0.4, -0.2) is 36.1 Å². The van der Waals surface area contributed by atoms with Gasteiger partial charge in [-0.25, -0.2) is 13.8 Å². The number of hydrogen-bond acceptors (Lipinski definition) is 6. The van der Waals surface area contributed by atoms with Crippen molar-refractivity contribution in [1.82, 2.24) is 35.5 Å². The van der Waals surface area contributed by atoms with E-state index in [0.29, 0.717) is 23.5 Å². The maximum absolute atomic E-state index is 14.3. The molecule has 1 aromatic carbocycles. The summed E-state index contributed by atoms with van der Waals surface area (Å²) in [6.45, 7) is 0.524. The lowest BCUT2D eigenvalue weighted by Crippen LogP contribution is -2.18. The lowest BCUT2D eigenvalue weighted by molar-refractivity contribution is 0.0395. The van der Waals surface area contributed by atoms with Crippen molar-refractivity contribution in [3.63, 3.8) is 0 Å². The van der Waals surface area contributed by atoms with Crippen LogP contribution in [0.15, 0.2) is 49.1 Å². The zero-order chi connectivity index (χ0) is 15.6. The number of hydroxylamine groups is 1. The van der Waals surface area contributed by atoms with Crippen LogP contribution in [0, 0.1) is 5.82 Å². The summed E-state index contributed by atoms with van der Waals surface area (Å²) in [5, 5.41) is 15.1. The van der Waals surface area contributed by atoms with Gasteiger partial charge in [0.15, 0.2) is 0 Å².